The molecule has 0 aliphatic carbocycles. The van der Waals surface area contributed by atoms with E-state index in [1.165, 1.54) is 36.1 Å². The third-order valence-corrected chi connectivity index (χ3v) is 5.40. The maximum absolute atomic E-state index is 13.6. The van der Waals surface area contributed by atoms with Gasteiger partial charge in [0, 0.05) is 23.9 Å². The van der Waals surface area contributed by atoms with Crippen molar-refractivity contribution in [2.45, 2.75) is 17.0 Å². The molecule has 0 atom stereocenters. The lowest BCUT2D eigenvalue weighted by atomic mass is 10.2. The number of nitrogens with one attached hydrogen (secondary N) is 2. The molecule has 3 aromatic rings. The van der Waals surface area contributed by atoms with Gasteiger partial charge < -0.3 is 5.32 Å². The van der Waals surface area contributed by atoms with Gasteiger partial charge in [0.25, 0.3) is 5.91 Å². The SMILES string of the molecule is CC(=O)Nc1cccc(C(=O)Nc2nnc(SCc3ccccc3F)s2)c1. The van der Waals surface area contributed by atoms with Gasteiger partial charge in [-0.25, -0.2) is 4.39 Å². The Hall–Kier alpha value is -2.78. The molecule has 0 unspecified atom stereocenters. The zero-order valence-corrected chi connectivity index (χ0v) is 15.9. The Balaban J connectivity index is 1.61. The molecule has 27 heavy (non-hydrogen) atoms. The average molecular weight is 402 g/mol. The van der Waals surface area contributed by atoms with E-state index >= 15 is 0 Å². The number of thioether (sulfide) groups is 1. The molecule has 0 aliphatic rings. The van der Waals surface area contributed by atoms with Crippen LogP contribution in [0.25, 0.3) is 0 Å². The Bertz CT molecular complexity index is 977. The average Bonchev–Trinajstić information content (AvgIpc) is 3.08. The molecule has 2 amide bonds. The van der Waals surface area contributed by atoms with E-state index in [1.807, 2.05) is 0 Å². The summed E-state index contributed by atoms with van der Waals surface area (Å²) in [4.78, 5) is 23.5. The lowest BCUT2D eigenvalue weighted by molar-refractivity contribution is -0.114. The van der Waals surface area contributed by atoms with Gasteiger partial charge in [-0.1, -0.05) is 47.4 Å². The Kier molecular flexibility index (Phi) is 6.15. The smallest absolute Gasteiger partial charge is 0.257 e. The molecule has 6 nitrogen and oxygen atoms in total. The number of anilines is 2. The number of carbonyl (C=O) groups excluding carboxylic acids is 2. The summed E-state index contributed by atoms with van der Waals surface area (Å²) in [5, 5.41) is 13.6. The van der Waals surface area contributed by atoms with Crippen molar-refractivity contribution >= 4 is 45.7 Å². The third-order valence-electron chi connectivity index (χ3n) is 3.38. The van der Waals surface area contributed by atoms with E-state index in [1.54, 1.807) is 42.5 Å². The van der Waals surface area contributed by atoms with Crippen molar-refractivity contribution < 1.29 is 14.0 Å². The van der Waals surface area contributed by atoms with Gasteiger partial charge in [0.05, 0.1) is 0 Å². The predicted molar refractivity (Wildman–Crippen MR) is 105 cm³/mol. The van der Waals surface area contributed by atoms with Gasteiger partial charge in [0.2, 0.25) is 11.0 Å². The normalized spacial score (nSPS) is 10.4. The van der Waals surface area contributed by atoms with Crippen molar-refractivity contribution in [3.63, 3.8) is 0 Å². The van der Waals surface area contributed by atoms with Gasteiger partial charge in [-0.2, -0.15) is 0 Å². The van der Waals surface area contributed by atoms with Crippen LogP contribution in [0.5, 0.6) is 0 Å². The maximum Gasteiger partial charge on any atom is 0.257 e. The molecule has 0 saturated carbocycles. The number of aromatic nitrogens is 2. The number of rotatable bonds is 6. The summed E-state index contributed by atoms with van der Waals surface area (Å²) in [6, 6.07) is 13.1. The molecule has 1 aromatic heterocycles. The lowest BCUT2D eigenvalue weighted by Crippen LogP contribution is -2.13. The highest BCUT2D eigenvalue weighted by molar-refractivity contribution is 8.00. The van der Waals surface area contributed by atoms with Gasteiger partial charge in [-0.3, -0.25) is 14.9 Å². The van der Waals surface area contributed by atoms with Crippen LogP contribution in [0.2, 0.25) is 0 Å². The van der Waals surface area contributed by atoms with Crippen LogP contribution in [0.15, 0.2) is 52.9 Å². The van der Waals surface area contributed by atoms with E-state index in [9.17, 15) is 14.0 Å². The first-order chi connectivity index (χ1) is 13.0. The standard InChI is InChI=1S/C18H15FN4O2S2/c1-11(24)20-14-7-4-6-12(9-14)16(25)21-17-22-23-18(27-17)26-10-13-5-2-3-8-15(13)19/h2-9H,10H2,1H3,(H,20,24)(H,21,22,25). The number of halogens is 1. The van der Waals surface area contributed by atoms with Crippen LogP contribution in [-0.4, -0.2) is 22.0 Å². The van der Waals surface area contributed by atoms with Gasteiger partial charge in [-0.15, -0.1) is 10.2 Å². The topological polar surface area (TPSA) is 84.0 Å². The zero-order valence-electron chi connectivity index (χ0n) is 14.2. The number of benzene rings is 2. The Morgan fingerprint density at radius 2 is 1.93 bits per heavy atom. The summed E-state index contributed by atoms with van der Waals surface area (Å²) in [6.45, 7) is 1.40. The largest absolute Gasteiger partial charge is 0.326 e. The highest BCUT2D eigenvalue weighted by atomic mass is 32.2. The summed E-state index contributed by atoms with van der Waals surface area (Å²) >= 11 is 2.56. The van der Waals surface area contributed by atoms with Crippen LogP contribution in [0.3, 0.4) is 0 Å². The fourth-order valence-corrected chi connectivity index (χ4v) is 3.92. The molecule has 2 aromatic carbocycles. The van der Waals surface area contributed by atoms with Gasteiger partial charge >= 0.3 is 0 Å². The molecular weight excluding hydrogens is 387 g/mol. The maximum atomic E-state index is 13.6. The molecular formula is C18H15FN4O2S2. The van der Waals surface area contributed by atoms with E-state index in [0.717, 1.165) is 0 Å². The third kappa shape index (κ3) is 5.35. The van der Waals surface area contributed by atoms with Crippen LogP contribution in [0.1, 0.15) is 22.8 Å². The highest BCUT2D eigenvalue weighted by Gasteiger charge is 2.12. The lowest BCUT2D eigenvalue weighted by Gasteiger charge is -2.05. The van der Waals surface area contributed by atoms with Gasteiger partial charge in [0.1, 0.15) is 5.82 Å². The fourth-order valence-electron chi connectivity index (χ4n) is 2.18. The minimum absolute atomic E-state index is 0.215. The molecule has 0 spiro atoms. The zero-order chi connectivity index (χ0) is 19.2. The van der Waals surface area contributed by atoms with Crippen LogP contribution >= 0.6 is 23.1 Å². The summed E-state index contributed by atoms with van der Waals surface area (Å²) in [7, 11) is 0. The molecule has 1 heterocycles. The number of carbonyl (C=O) groups is 2. The fraction of sp³-hybridized carbons (Fsp3) is 0.111. The van der Waals surface area contributed by atoms with Gasteiger partial charge in [0.15, 0.2) is 4.34 Å². The number of hydrogen-bond acceptors (Lipinski definition) is 6. The summed E-state index contributed by atoms with van der Waals surface area (Å²) in [5.74, 6) is -0.409. The first kappa shape index (κ1) is 19.0. The van der Waals surface area contributed by atoms with Crippen LogP contribution < -0.4 is 10.6 Å². The van der Waals surface area contributed by atoms with Crippen molar-refractivity contribution in [3.8, 4) is 0 Å². The first-order valence-corrected chi connectivity index (χ1v) is 9.70. The minimum atomic E-state index is -0.357. The number of hydrogen-bond donors (Lipinski definition) is 2. The molecule has 0 radical (unpaired) electrons. The van der Waals surface area contributed by atoms with E-state index in [4.69, 9.17) is 0 Å². The van der Waals surface area contributed by atoms with Crippen LogP contribution in [0.4, 0.5) is 15.2 Å². The molecule has 0 bridgehead atoms. The quantitative estimate of drug-likeness (QED) is 0.477. The van der Waals surface area contributed by atoms with E-state index in [-0.39, 0.29) is 17.6 Å². The Morgan fingerprint density at radius 3 is 2.70 bits per heavy atom. The van der Waals surface area contributed by atoms with Crippen molar-refractivity contribution in [2.24, 2.45) is 0 Å². The van der Waals surface area contributed by atoms with Crippen molar-refractivity contribution in [2.75, 3.05) is 10.6 Å². The molecule has 3 rings (SSSR count). The predicted octanol–water partition coefficient (Wildman–Crippen LogP) is 4.18. The second-order valence-corrected chi connectivity index (χ2v) is 7.67. The number of amides is 2. The second-order valence-electron chi connectivity index (χ2n) is 5.47. The summed E-state index contributed by atoms with van der Waals surface area (Å²) < 4.78 is 14.3. The first-order valence-electron chi connectivity index (χ1n) is 7.90. The Labute approximate surface area is 163 Å². The second kappa shape index (κ2) is 8.74. The molecule has 0 fully saturated rings. The summed E-state index contributed by atoms with van der Waals surface area (Å²) in [5.41, 5.74) is 1.50. The van der Waals surface area contributed by atoms with E-state index in [0.29, 0.717) is 32.0 Å². The van der Waals surface area contributed by atoms with Gasteiger partial charge in [-0.05, 0) is 29.8 Å². The number of nitrogens with zero attached hydrogens (tertiary/aromatic N) is 2. The van der Waals surface area contributed by atoms with Crippen LogP contribution in [0, 0.1) is 5.82 Å². The Morgan fingerprint density at radius 1 is 1.11 bits per heavy atom. The van der Waals surface area contributed by atoms with E-state index in [2.05, 4.69) is 20.8 Å². The minimum Gasteiger partial charge on any atom is -0.326 e. The van der Waals surface area contributed by atoms with Crippen molar-refractivity contribution in [3.05, 3.63) is 65.5 Å². The monoisotopic (exact) mass is 402 g/mol. The molecule has 0 aliphatic heterocycles. The molecule has 9 heteroatoms. The van der Waals surface area contributed by atoms with E-state index < -0.39 is 0 Å². The molecule has 0 saturated heterocycles. The molecule has 138 valence electrons. The van der Waals surface area contributed by atoms with Crippen molar-refractivity contribution in [1.82, 2.24) is 10.2 Å². The van der Waals surface area contributed by atoms with Crippen molar-refractivity contribution in [1.29, 1.82) is 0 Å². The molecule has 2 N–H and O–H groups in total. The highest BCUT2D eigenvalue weighted by Crippen LogP contribution is 2.29. The van der Waals surface area contributed by atoms with Crippen LogP contribution in [-0.2, 0) is 10.5 Å². The summed E-state index contributed by atoms with van der Waals surface area (Å²) in [6.07, 6.45) is 0.